The average molecular weight is 158 g/mol. The molecule has 0 spiro atoms. The van der Waals surface area contributed by atoms with Crippen LogP contribution < -0.4 is 5.32 Å². The van der Waals surface area contributed by atoms with Crippen molar-refractivity contribution in [3.05, 3.63) is 0 Å². The monoisotopic (exact) mass is 157 g/mol. The number of nitrogens with one attached hydrogen (secondary N) is 1. The number of hydrogen-bond donors (Lipinski definition) is 3. The summed E-state index contributed by atoms with van der Waals surface area (Å²) in [4.78, 5) is 0. The molecule has 52 valence electrons. The van der Waals surface area contributed by atoms with Gasteiger partial charge in [-0.1, -0.05) is 0 Å². The topological polar surface area (TPSA) is 32.3 Å². The Morgan fingerprint density at radius 2 is 1.75 bits per heavy atom. The number of halogens is 1. The first kappa shape index (κ1) is 8.56. The van der Waals surface area contributed by atoms with Crippen LogP contribution in [-0.4, -0.2) is 29.1 Å². The maximum absolute atomic E-state index is 8.93. The van der Waals surface area contributed by atoms with Crippen molar-refractivity contribution in [3.8, 4) is 0 Å². The van der Waals surface area contributed by atoms with E-state index in [0.717, 1.165) is 24.6 Å². The molecule has 0 aromatic heterocycles. The molecule has 0 aromatic carbocycles. The fraction of sp³-hybridized carbons (Fsp3) is 1.00. The van der Waals surface area contributed by atoms with Gasteiger partial charge in [0.15, 0.2) is 0 Å². The molecular formula is C4H12ClNOS. The van der Waals surface area contributed by atoms with E-state index < -0.39 is 11.2 Å². The predicted octanol–water partition coefficient (Wildman–Crippen LogP) is 0.486. The van der Waals surface area contributed by atoms with Gasteiger partial charge in [0.1, 0.15) is 0 Å². The molecular weight excluding hydrogens is 146 g/mol. The first-order chi connectivity index (χ1) is 3.39. The summed E-state index contributed by atoms with van der Waals surface area (Å²) >= 11 is -0.554. The Kier molecular flexibility index (Phi) is 4.75. The lowest BCUT2D eigenvalue weighted by atomic mass is 10.6. The summed E-state index contributed by atoms with van der Waals surface area (Å²) < 4.78 is 8.93. The Morgan fingerprint density at radius 1 is 1.25 bits per heavy atom. The normalized spacial score (nSPS) is 24.4. The minimum atomic E-state index is -0.554. The van der Waals surface area contributed by atoms with Gasteiger partial charge in [0.2, 0.25) is 0 Å². The van der Waals surface area contributed by atoms with Crippen molar-refractivity contribution in [2.24, 2.45) is 0 Å². The Bertz CT molecular complexity index is 58.0. The van der Waals surface area contributed by atoms with Crippen LogP contribution in [0.5, 0.6) is 0 Å². The molecule has 1 heterocycles. The molecule has 0 bridgehead atoms. The van der Waals surface area contributed by atoms with E-state index in [0.29, 0.717) is 0 Å². The lowest BCUT2D eigenvalue weighted by Gasteiger charge is -2.20. The first-order valence-corrected chi connectivity index (χ1v) is 4.20. The second kappa shape index (κ2) is 4.44. The molecule has 0 amide bonds. The molecule has 0 unspecified atom stereocenters. The van der Waals surface area contributed by atoms with Gasteiger partial charge in [-0.15, -0.1) is 23.6 Å². The van der Waals surface area contributed by atoms with E-state index in [2.05, 4.69) is 5.32 Å². The largest absolute Gasteiger partial charge is 0.354 e. The molecule has 1 saturated heterocycles. The van der Waals surface area contributed by atoms with Crippen molar-refractivity contribution in [1.29, 1.82) is 0 Å². The number of rotatable bonds is 0. The van der Waals surface area contributed by atoms with E-state index in [-0.39, 0.29) is 12.4 Å². The Labute approximate surface area is 58.6 Å². The van der Waals surface area contributed by atoms with Gasteiger partial charge in [-0.2, -0.15) is 0 Å². The van der Waals surface area contributed by atoms with Crippen LogP contribution in [0.25, 0.3) is 0 Å². The molecule has 0 radical (unpaired) electrons. The third kappa shape index (κ3) is 2.77. The van der Waals surface area contributed by atoms with Crippen LogP contribution in [0.3, 0.4) is 0 Å². The van der Waals surface area contributed by atoms with Crippen LogP contribution in [0.2, 0.25) is 0 Å². The quantitative estimate of drug-likeness (QED) is 0.447. The van der Waals surface area contributed by atoms with Crippen LogP contribution in [0.4, 0.5) is 0 Å². The summed E-state index contributed by atoms with van der Waals surface area (Å²) in [5, 5.41) is 3.17. The van der Waals surface area contributed by atoms with Gasteiger partial charge >= 0.3 is 0 Å². The van der Waals surface area contributed by atoms with E-state index in [1.807, 2.05) is 0 Å². The van der Waals surface area contributed by atoms with Crippen molar-refractivity contribution < 1.29 is 4.55 Å². The van der Waals surface area contributed by atoms with Crippen LogP contribution in [0.15, 0.2) is 0 Å². The van der Waals surface area contributed by atoms with E-state index >= 15 is 0 Å². The predicted molar refractivity (Wildman–Crippen MR) is 41.5 cm³/mol. The van der Waals surface area contributed by atoms with E-state index in [9.17, 15) is 0 Å². The minimum absolute atomic E-state index is 0. The average Bonchev–Trinajstić information content (AvgIpc) is 1.69. The molecule has 1 aliphatic heterocycles. The summed E-state index contributed by atoms with van der Waals surface area (Å²) in [6.07, 6.45) is 0. The van der Waals surface area contributed by atoms with Gasteiger partial charge in [0.05, 0.1) is 0 Å². The third-order valence-electron chi connectivity index (χ3n) is 1.09. The van der Waals surface area contributed by atoms with Gasteiger partial charge in [-0.3, -0.25) is 0 Å². The van der Waals surface area contributed by atoms with Crippen molar-refractivity contribution in [3.63, 3.8) is 0 Å². The SMILES string of the molecule is Cl.O[SH]1CCNCC1. The Balaban J connectivity index is 0.000000490. The van der Waals surface area contributed by atoms with Crippen molar-refractivity contribution >= 4 is 23.6 Å². The van der Waals surface area contributed by atoms with Crippen molar-refractivity contribution in [1.82, 2.24) is 5.32 Å². The fourth-order valence-electron chi connectivity index (χ4n) is 0.653. The van der Waals surface area contributed by atoms with Crippen LogP contribution >= 0.6 is 23.6 Å². The fourth-order valence-corrected chi connectivity index (χ4v) is 1.71. The molecule has 8 heavy (non-hydrogen) atoms. The molecule has 0 aliphatic carbocycles. The highest BCUT2D eigenvalue weighted by Crippen LogP contribution is 2.18. The highest BCUT2D eigenvalue weighted by Gasteiger charge is 2.02. The first-order valence-electron chi connectivity index (χ1n) is 2.54. The molecule has 1 fully saturated rings. The second-order valence-electron chi connectivity index (χ2n) is 1.70. The summed E-state index contributed by atoms with van der Waals surface area (Å²) in [7, 11) is 0. The van der Waals surface area contributed by atoms with Gasteiger partial charge < -0.3 is 9.87 Å². The number of hydrogen-bond acceptors (Lipinski definition) is 2. The lowest BCUT2D eigenvalue weighted by Crippen LogP contribution is -2.28. The molecule has 4 heteroatoms. The Morgan fingerprint density at radius 3 is 2.00 bits per heavy atom. The third-order valence-corrected chi connectivity index (χ3v) is 2.57. The molecule has 1 rings (SSSR count). The summed E-state index contributed by atoms with van der Waals surface area (Å²) in [6, 6.07) is 0. The van der Waals surface area contributed by atoms with Crippen LogP contribution in [0, 0.1) is 0 Å². The zero-order valence-electron chi connectivity index (χ0n) is 4.63. The second-order valence-corrected chi connectivity index (χ2v) is 3.61. The molecule has 2 N–H and O–H groups in total. The Hall–Kier alpha value is 0.560. The highest BCUT2D eigenvalue weighted by atomic mass is 35.5. The van der Waals surface area contributed by atoms with Crippen molar-refractivity contribution in [2.45, 2.75) is 0 Å². The van der Waals surface area contributed by atoms with Gasteiger partial charge in [0.25, 0.3) is 0 Å². The zero-order valence-corrected chi connectivity index (χ0v) is 6.34. The summed E-state index contributed by atoms with van der Waals surface area (Å²) in [6.45, 7) is 2.03. The smallest absolute Gasteiger partial charge is 0.00877 e. The van der Waals surface area contributed by atoms with Gasteiger partial charge in [-0.05, 0) is 0 Å². The van der Waals surface area contributed by atoms with Crippen LogP contribution in [0.1, 0.15) is 0 Å². The minimum Gasteiger partial charge on any atom is -0.354 e. The van der Waals surface area contributed by atoms with Gasteiger partial charge in [-0.25, -0.2) is 0 Å². The van der Waals surface area contributed by atoms with E-state index in [1.54, 1.807) is 0 Å². The van der Waals surface area contributed by atoms with Crippen molar-refractivity contribution in [2.75, 3.05) is 24.6 Å². The highest BCUT2D eigenvalue weighted by molar-refractivity contribution is 8.12. The standard InChI is InChI=1S/C4H11NOS.ClH/c6-7-3-1-5-2-4-7;/h5-7H,1-4H2;1H. The summed E-state index contributed by atoms with van der Waals surface area (Å²) in [5.41, 5.74) is 0. The molecule has 0 atom stereocenters. The summed E-state index contributed by atoms with van der Waals surface area (Å²) in [5.74, 6) is 1.99. The zero-order chi connectivity index (χ0) is 5.11. The molecule has 1 aliphatic rings. The van der Waals surface area contributed by atoms with Crippen LogP contribution in [-0.2, 0) is 0 Å². The van der Waals surface area contributed by atoms with E-state index in [1.165, 1.54) is 0 Å². The van der Waals surface area contributed by atoms with E-state index in [4.69, 9.17) is 4.55 Å². The molecule has 0 aromatic rings. The number of thiol groups is 1. The molecule has 0 saturated carbocycles. The maximum Gasteiger partial charge on any atom is 0.00877 e. The maximum atomic E-state index is 8.93. The lowest BCUT2D eigenvalue weighted by molar-refractivity contribution is 0.619. The van der Waals surface area contributed by atoms with Gasteiger partial charge in [0, 0.05) is 24.6 Å². The molecule has 2 nitrogen and oxygen atoms in total.